The Labute approximate surface area is 197 Å². The van der Waals surface area contributed by atoms with Crippen LogP contribution in [0.4, 0.5) is 4.39 Å². The summed E-state index contributed by atoms with van der Waals surface area (Å²) >= 11 is 0.986. The molecule has 0 aliphatic heterocycles. The van der Waals surface area contributed by atoms with E-state index in [1.807, 2.05) is 0 Å². The van der Waals surface area contributed by atoms with Gasteiger partial charge in [0.2, 0.25) is 0 Å². The molecule has 0 fully saturated rings. The molecule has 4 rings (SSSR count). The number of aryl methyl sites for hydroxylation is 1. The maximum atomic E-state index is 13.0. The molecule has 0 spiro atoms. The molecule has 0 atom stereocenters. The monoisotopic (exact) mass is 501 g/mol. The summed E-state index contributed by atoms with van der Waals surface area (Å²) in [7, 11) is -3.70. The van der Waals surface area contributed by atoms with E-state index in [1.54, 1.807) is 30.3 Å². The zero-order chi connectivity index (χ0) is 24.5. The van der Waals surface area contributed by atoms with Gasteiger partial charge in [0.1, 0.15) is 15.5 Å². The van der Waals surface area contributed by atoms with E-state index in [9.17, 15) is 27.2 Å². The molecule has 2 heterocycles. The van der Waals surface area contributed by atoms with Crippen LogP contribution in [0, 0.1) is 12.7 Å². The number of rotatable bonds is 7. The van der Waals surface area contributed by atoms with Crippen LogP contribution in [0.3, 0.4) is 0 Å². The van der Waals surface area contributed by atoms with Gasteiger partial charge in [-0.15, -0.1) is 11.3 Å². The lowest BCUT2D eigenvalue weighted by Crippen LogP contribution is -2.39. The minimum Gasteiger partial charge on any atom is -0.347 e. The van der Waals surface area contributed by atoms with Crippen molar-refractivity contribution in [2.24, 2.45) is 0 Å². The molecule has 4 aromatic rings. The van der Waals surface area contributed by atoms with Gasteiger partial charge in [0.15, 0.2) is 9.84 Å². The maximum absolute atomic E-state index is 13.0. The van der Waals surface area contributed by atoms with E-state index < -0.39 is 32.7 Å². The van der Waals surface area contributed by atoms with E-state index in [0.717, 1.165) is 15.9 Å². The van der Waals surface area contributed by atoms with E-state index in [4.69, 9.17) is 0 Å². The summed E-state index contributed by atoms with van der Waals surface area (Å²) in [6.07, 6.45) is 1.33. The van der Waals surface area contributed by atoms with Crippen molar-refractivity contribution in [2.45, 2.75) is 24.9 Å². The van der Waals surface area contributed by atoms with Crippen molar-refractivity contribution >= 4 is 31.9 Å². The number of carbonyl (C=O) groups is 1. The smallest absolute Gasteiger partial charge is 0.336 e. The average molecular weight is 502 g/mol. The quantitative estimate of drug-likeness (QED) is 0.419. The van der Waals surface area contributed by atoms with E-state index in [-0.39, 0.29) is 34.2 Å². The number of carbonyl (C=O) groups excluding carboxylic acids is 1. The summed E-state index contributed by atoms with van der Waals surface area (Å²) in [4.78, 5) is 39.0. The third kappa shape index (κ3) is 4.70. The van der Waals surface area contributed by atoms with Crippen molar-refractivity contribution in [1.29, 1.82) is 0 Å². The first-order chi connectivity index (χ1) is 16.2. The predicted octanol–water partition coefficient (Wildman–Crippen LogP) is 2.37. The highest BCUT2D eigenvalue weighted by Gasteiger charge is 2.20. The van der Waals surface area contributed by atoms with Crippen molar-refractivity contribution < 1.29 is 17.6 Å². The molecule has 0 unspecified atom stereocenters. The molecule has 0 aliphatic carbocycles. The second-order valence-electron chi connectivity index (χ2n) is 7.58. The fourth-order valence-electron chi connectivity index (χ4n) is 3.40. The molecule has 1 N–H and O–H groups in total. The van der Waals surface area contributed by atoms with Gasteiger partial charge in [0, 0.05) is 24.8 Å². The predicted molar refractivity (Wildman–Crippen MR) is 127 cm³/mol. The standard InChI is InChI=1S/C23H20FN3O5S2/c1-15-21(29)26(11-12-34(31,32)18-5-3-2-4-6-18)23(30)27-14-19(33-22(15)27)20(28)25-13-16-7-9-17(24)10-8-16/h2-10,14H,11-13H2,1H3,(H,25,28). The van der Waals surface area contributed by atoms with Crippen LogP contribution >= 0.6 is 11.3 Å². The highest BCUT2D eigenvalue weighted by atomic mass is 32.2. The molecule has 1 amide bonds. The first-order valence-electron chi connectivity index (χ1n) is 10.2. The van der Waals surface area contributed by atoms with Crippen molar-refractivity contribution in [3.63, 3.8) is 0 Å². The van der Waals surface area contributed by atoms with E-state index in [1.165, 1.54) is 41.8 Å². The Bertz CT molecular complexity index is 1590. The number of fused-ring (bicyclic) bond motifs is 1. The summed E-state index contributed by atoms with van der Waals surface area (Å²) in [5.74, 6) is -1.26. The maximum Gasteiger partial charge on any atom is 0.336 e. The summed E-state index contributed by atoms with van der Waals surface area (Å²) in [5.41, 5.74) is -0.390. The van der Waals surface area contributed by atoms with E-state index in [2.05, 4.69) is 5.32 Å². The summed E-state index contributed by atoms with van der Waals surface area (Å²) in [6.45, 7) is 1.36. The number of aromatic nitrogens is 2. The fraction of sp³-hybridized carbons (Fsp3) is 0.174. The van der Waals surface area contributed by atoms with Crippen LogP contribution in [-0.4, -0.2) is 29.0 Å². The van der Waals surface area contributed by atoms with Crippen molar-refractivity contribution in [1.82, 2.24) is 14.3 Å². The molecule has 176 valence electrons. The highest BCUT2D eigenvalue weighted by Crippen LogP contribution is 2.18. The summed E-state index contributed by atoms with van der Waals surface area (Å²) in [6, 6.07) is 13.5. The molecule has 0 radical (unpaired) electrons. The molecule has 0 bridgehead atoms. The minimum atomic E-state index is -3.70. The van der Waals surface area contributed by atoms with Gasteiger partial charge >= 0.3 is 5.69 Å². The number of sulfone groups is 1. The zero-order valence-electron chi connectivity index (χ0n) is 18.0. The topological polar surface area (TPSA) is 107 Å². The number of nitrogens with one attached hydrogen (secondary N) is 1. The van der Waals surface area contributed by atoms with Gasteiger partial charge in [-0.2, -0.15) is 0 Å². The summed E-state index contributed by atoms with van der Waals surface area (Å²) < 4.78 is 40.3. The molecular weight excluding hydrogens is 481 g/mol. The number of halogens is 1. The first kappa shape index (κ1) is 23.6. The molecule has 2 aromatic heterocycles. The third-order valence-electron chi connectivity index (χ3n) is 5.27. The Morgan fingerprint density at radius 3 is 2.41 bits per heavy atom. The zero-order valence-corrected chi connectivity index (χ0v) is 19.7. The van der Waals surface area contributed by atoms with Crippen LogP contribution in [0.1, 0.15) is 20.8 Å². The van der Waals surface area contributed by atoms with Crippen molar-refractivity contribution in [2.75, 3.05) is 5.75 Å². The van der Waals surface area contributed by atoms with Crippen LogP contribution in [-0.2, 0) is 22.9 Å². The normalized spacial score (nSPS) is 11.6. The van der Waals surface area contributed by atoms with E-state index >= 15 is 0 Å². The summed E-state index contributed by atoms with van der Waals surface area (Å²) in [5, 5.41) is 2.70. The number of hydrogen-bond acceptors (Lipinski definition) is 6. The van der Waals surface area contributed by atoms with Gasteiger partial charge in [-0.05, 0) is 36.8 Å². The molecule has 2 aromatic carbocycles. The van der Waals surface area contributed by atoms with Gasteiger partial charge in [0.05, 0.1) is 10.6 Å². The lowest BCUT2D eigenvalue weighted by molar-refractivity contribution is 0.0954. The second kappa shape index (κ2) is 9.35. The second-order valence-corrected chi connectivity index (χ2v) is 10.7. The number of nitrogens with zero attached hydrogens (tertiary/aromatic N) is 2. The molecule has 8 nitrogen and oxygen atoms in total. The average Bonchev–Trinajstić information content (AvgIpc) is 3.29. The van der Waals surface area contributed by atoms with Gasteiger partial charge in [-0.25, -0.2) is 17.6 Å². The van der Waals surface area contributed by atoms with Gasteiger partial charge in [-0.1, -0.05) is 30.3 Å². The molecule has 0 saturated carbocycles. The number of hydrogen-bond donors (Lipinski definition) is 1. The van der Waals surface area contributed by atoms with Crippen molar-refractivity contribution in [3.05, 3.63) is 103 Å². The number of thiazole rings is 1. The lowest BCUT2D eigenvalue weighted by atomic mass is 10.2. The first-order valence-corrected chi connectivity index (χ1v) is 12.7. The third-order valence-corrected chi connectivity index (χ3v) is 8.19. The van der Waals surface area contributed by atoms with Crippen molar-refractivity contribution in [3.8, 4) is 0 Å². The van der Waals surface area contributed by atoms with Crippen LogP contribution in [0.15, 0.2) is 75.3 Å². The highest BCUT2D eigenvalue weighted by molar-refractivity contribution is 7.91. The molecule has 11 heteroatoms. The Hall–Kier alpha value is -3.57. The Morgan fingerprint density at radius 1 is 1.06 bits per heavy atom. The van der Waals surface area contributed by atoms with Gasteiger partial charge < -0.3 is 5.32 Å². The fourth-order valence-corrected chi connectivity index (χ4v) is 5.63. The van der Waals surface area contributed by atoms with Crippen LogP contribution in [0.25, 0.3) is 4.83 Å². The molecular formula is C23H20FN3O5S2. The number of amides is 1. The van der Waals surface area contributed by atoms with E-state index in [0.29, 0.717) is 10.4 Å². The van der Waals surface area contributed by atoms with Gasteiger partial charge in [0.25, 0.3) is 11.5 Å². The van der Waals surface area contributed by atoms with Crippen LogP contribution < -0.4 is 16.6 Å². The lowest BCUT2D eigenvalue weighted by Gasteiger charge is -2.08. The SMILES string of the molecule is Cc1c(=O)n(CCS(=O)(=O)c2ccccc2)c(=O)n2cc(C(=O)NCc3ccc(F)cc3)sc12. The largest absolute Gasteiger partial charge is 0.347 e. The Balaban J connectivity index is 1.59. The Morgan fingerprint density at radius 2 is 1.74 bits per heavy atom. The number of benzene rings is 2. The Kier molecular flexibility index (Phi) is 6.49. The molecule has 0 saturated heterocycles. The van der Waals surface area contributed by atoms with Crippen LogP contribution in [0.2, 0.25) is 0 Å². The van der Waals surface area contributed by atoms with Crippen LogP contribution in [0.5, 0.6) is 0 Å². The molecule has 34 heavy (non-hydrogen) atoms. The molecule has 0 aliphatic rings. The minimum absolute atomic E-state index is 0.108. The van der Waals surface area contributed by atoms with Gasteiger partial charge in [-0.3, -0.25) is 18.6 Å².